The van der Waals surface area contributed by atoms with Gasteiger partial charge >= 0.3 is 12.0 Å². The van der Waals surface area contributed by atoms with Gasteiger partial charge in [-0.3, -0.25) is 9.69 Å². The summed E-state index contributed by atoms with van der Waals surface area (Å²) in [5.74, 6) is -0.920. The maximum Gasteiger partial charge on any atom is 0.325 e. The van der Waals surface area contributed by atoms with Crippen LogP contribution in [0.15, 0.2) is 30.3 Å². The molecule has 1 aromatic carbocycles. The fraction of sp³-hybridized carbons (Fsp3) is 0.467. The maximum absolute atomic E-state index is 12.6. The number of hydrogen-bond donors (Lipinski definition) is 2. The van der Waals surface area contributed by atoms with Crippen LogP contribution in [0.2, 0.25) is 0 Å². The number of carbonyl (C=O) groups excluding carboxylic acids is 1. The Bertz CT molecular complexity index is 506. The highest BCUT2D eigenvalue weighted by molar-refractivity contribution is 5.96. The van der Waals surface area contributed by atoms with E-state index < -0.39 is 18.6 Å². The summed E-state index contributed by atoms with van der Waals surface area (Å²) in [6.07, 6.45) is 0.146. The van der Waals surface area contributed by atoms with Crippen molar-refractivity contribution < 1.29 is 19.8 Å². The number of aliphatic carboxylic acids is 1. The summed E-state index contributed by atoms with van der Waals surface area (Å²) in [7, 11) is 0. The number of carbonyl (C=O) groups is 2. The van der Waals surface area contributed by atoms with E-state index in [-0.39, 0.29) is 18.5 Å². The Kier molecular flexibility index (Phi) is 4.80. The molecule has 0 aliphatic carbocycles. The summed E-state index contributed by atoms with van der Waals surface area (Å²) < 4.78 is 0. The van der Waals surface area contributed by atoms with E-state index in [1.807, 2.05) is 6.92 Å². The molecule has 1 heterocycles. The quantitative estimate of drug-likeness (QED) is 0.882. The second kappa shape index (κ2) is 6.58. The van der Waals surface area contributed by atoms with Crippen LogP contribution in [-0.4, -0.2) is 52.9 Å². The van der Waals surface area contributed by atoms with Crippen molar-refractivity contribution in [2.45, 2.75) is 19.4 Å². The number of carboxylic acid groups (broad SMARTS) is 1. The molecule has 6 nitrogen and oxygen atoms in total. The van der Waals surface area contributed by atoms with Gasteiger partial charge in [0.05, 0.1) is 6.10 Å². The zero-order valence-electron chi connectivity index (χ0n) is 12.0. The van der Waals surface area contributed by atoms with E-state index >= 15 is 0 Å². The van der Waals surface area contributed by atoms with Crippen LogP contribution in [0.4, 0.5) is 10.5 Å². The minimum absolute atomic E-state index is 0.152. The highest BCUT2D eigenvalue weighted by atomic mass is 16.4. The van der Waals surface area contributed by atoms with Crippen molar-refractivity contribution >= 4 is 17.7 Å². The number of aliphatic hydroxyl groups is 1. The third-order valence-corrected chi connectivity index (χ3v) is 3.78. The van der Waals surface area contributed by atoms with Gasteiger partial charge < -0.3 is 15.1 Å². The van der Waals surface area contributed by atoms with Gasteiger partial charge in [-0.15, -0.1) is 0 Å². The molecule has 1 fully saturated rings. The fourth-order valence-corrected chi connectivity index (χ4v) is 2.41. The Morgan fingerprint density at radius 2 is 2.00 bits per heavy atom. The number of rotatable bonds is 3. The van der Waals surface area contributed by atoms with Crippen molar-refractivity contribution in [2.24, 2.45) is 5.92 Å². The number of anilines is 1. The number of piperidine rings is 1. The van der Waals surface area contributed by atoms with Crippen molar-refractivity contribution in [3.8, 4) is 0 Å². The van der Waals surface area contributed by atoms with Gasteiger partial charge in [0.25, 0.3) is 0 Å². The molecule has 1 aliphatic heterocycles. The first kappa shape index (κ1) is 15.3. The van der Waals surface area contributed by atoms with Gasteiger partial charge in [-0.1, -0.05) is 25.1 Å². The standard InChI is InChI=1S/C15H20N2O4/c1-11-7-8-16(9-13(11)18)15(21)17(10-14(19)20)12-5-3-2-4-6-12/h2-6,11,13,18H,7-10H2,1H3,(H,19,20). The van der Waals surface area contributed by atoms with E-state index in [0.29, 0.717) is 18.7 Å². The van der Waals surface area contributed by atoms with Crippen LogP contribution in [0.1, 0.15) is 13.3 Å². The molecule has 21 heavy (non-hydrogen) atoms. The number of para-hydroxylation sites is 1. The zero-order valence-corrected chi connectivity index (χ0v) is 12.0. The molecule has 1 aromatic rings. The Hall–Kier alpha value is -2.08. The van der Waals surface area contributed by atoms with Gasteiger partial charge in [0.15, 0.2) is 0 Å². The number of carboxylic acids is 1. The second-order valence-electron chi connectivity index (χ2n) is 5.38. The number of likely N-dealkylation sites (tertiary alicyclic amines) is 1. The van der Waals surface area contributed by atoms with E-state index in [0.717, 1.165) is 0 Å². The summed E-state index contributed by atoms with van der Waals surface area (Å²) in [5.41, 5.74) is 0.540. The van der Waals surface area contributed by atoms with E-state index in [9.17, 15) is 14.7 Å². The Morgan fingerprint density at radius 3 is 2.57 bits per heavy atom. The van der Waals surface area contributed by atoms with Crippen LogP contribution in [0.25, 0.3) is 0 Å². The van der Waals surface area contributed by atoms with Gasteiger partial charge in [-0.25, -0.2) is 4.79 Å². The van der Waals surface area contributed by atoms with E-state index in [1.54, 1.807) is 30.3 Å². The third kappa shape index (κ3) is 3.72. The van der Waals surface area contributed by atoms with Crippen molar-refractivity contribution in [2.75, 3.05) is 24.5 Å². The lowest BCUT2D eigenvalue weighted by molar-refractivity contribution is -0.135. The van der Waals surface area contributed by atoms with Crippen LogP contribution >= 0.6 is 0 Å². The lowest BCUT2D eigenvalue weighted by Crippen LogP contribution is -2.52. The van der Waals surface area contributed by atoms with E-state index in [4.69, 9.17) is 5.11 Å². The second-order valence-corrected chi connectivity index (χ2v) is 5.38. The molecule has 0 saturated carbocycles. The topological polar surface area (TPSA) is 81.1 Å². The first-order chi connectivity index (χ1) is 9.99. The Labute approximate surface area is 123 Å². The SMILES string of the molecule is CC1CCN(C(=O)N(CC(=O)O)c2ccccc2)CC1O. The lowest BCUT2D eigenvalue weighted by Gasteiger charge is -2.37. The van der Waals surface area contributed by atoms with Gasteiger partial charge in [0.2, 0.25) is 0 Å². The minimum Gasteiger partial charge on any atom is -0.480 e. The molecule has 0 aromatic heterocycles. The highest BCUT2D eigenvalue weighted by Gasteiger charge is 2.31. The summed E-state index contributed by atoms with van der Waals surface area (Å²) in [5, 5.41) is 18.9. The molecule has 2 atom stereocenters. The van der Waals surface area contributed by atoms with Gasteiger partial charge in [0.1, 0.15) is 6.54 Å². The van der Waals surface area contributed by atoms with Crippen molar-refractivity contribution in [3.63, 3.8) is 0 Å². The minimum atomic E-state index is -1.07. The van der Waals surface area contributed by atoms with Crippen molar-refractivity contribution in [3.05, 3.63) is 30.3 Å². The summed E-state index contributed by atoms with van der Waals surface area (Å²) >= 11 is 0. The number of hydrogen-bond acceptors (Lipinski definition) is 3. The molecule has 1 aliphatic rings. The zero-order chi connectivity index (χ0) is 15.4. The molecule has 6 heteroatoms. The lowest BCUT2D eigenvalue weighted by atomic mass is 9.96. The van der Waals surface area contributed by atoms with Crippen LogP contribution in [0.3, 0.4) is 0 Å². The predicted octanol–water partition coefficient (Wildman–Crippen LogP) is 1.40. The average Bonchev–Trinajstić information content (AvgIpc) is 2.47. The number of benzene rings is 1. The van der Waals surface area contributed by atoms with Gasteiger partial charge in [-0.05, 0) is 24.5 Å². The fourth-order valence-electron chi connectivity index (χ4n) is 2.41. The molecule has 114 valence electrons. The average molecular weight is 292 g/mol. The molecule has 2 unspecified atom stereocenters. The number of aliphatic hydroxyl groups excluding tert-OH is 1. The van der Waals surface area contributed by atoms with Gasteiger partial charge in [-0.2, -0.15) is 0 Å². The summed E-state index contributed by atoms with van der Waals surface area (Å²) in [4.78, 5) is 26.3. The third-order valence-electron chi connectivity index (χ3n) is 3.78. The molecule has 2 rings (SSSR count). The molecule has 1 saturated heterocycles. The van der Waals surface area contributed by atoms with Crippen LogP contribution in [0, 0.1) is 5.92 Å². The Balaban J connectivity index is 2.17. The predicted molar refractivity (Wildman–Crippen MR) is 78.2 cm³/mol. The Morgan fingerprint density at radius 1 is 1.33 bits per heavy atom. The van der Waals surface area contributed by atoms with E-state index in [1.165, 1.54) is 9.80 Å². The van der Waals surface area contributed by atoms with Crippen LogP contribution in [-0.2, 0) is 4.79 Å². The van der Waals surface area contributed by atoms with Crippen molar-refractivity contribution in [1.82, 2.24) is 4.90 Å². The first-order valence-electron chi connectivity index (χ1n) is 7.00. The highest BCUT2D eigenvalue weighted by Crippen LogP contribution is 2.21. The number of amides is 2. The number of β-amino-alcohol motifs (C(OH)–C–C–N with tert-alkyl or cyclic N) is 1. The normalized spacial score (nSPS) is 21.9. The molecule has 0 spiro atoms. The maximum atomic E-state index is 12.6. The van der Waals surface area contributed by atoms with Crippen LogP contribution in [0.5, 0.6) is 0 Å². The molecular formula is C15H20N2O4. The van der Waals surface area contributed by atoms with Crippen LogP contribution < -0.4 is 4.90 Å². The number of urea groups is 1. The largest absolute Gasteiger partial charge is 0.480 e. The van der Waals surface area contributed by atoms with E-state index in [2.05, 4.69) is 0 Å². The molecule has 2 N–H and O–H groups in total. The summed E-state index contributed by atoms with van der Waals surface area (Å²) in [6, 6.07) is 8.33. The molecule has 2 amide bonds. The smallest absolute Gasteiger partial charge is 0.325 e. The summed E-state index contributed by atoms with van der Waals surface area (Å²) in [6.45, 7) is 2.31. The first-order valence-corrected chi connectivity index (χ1v) is 7.00. The van der Waals surface area contributed by atoms with Crippen molar-refractivity contribution in [1.29, 1.82) is 0 Å². The molecule has 0 radical (unpaired) electrons. The molecule has 0 bridgehead atoms. The van der Waals surface area contributed by atoms with Gasteiger partial charge in [0, 0.05) is 18.8 Å². The monoisotopic (exact) mass is 292 g/mol. The number of nitrogens with zero attached hydrogens (tertiary/aromatic N) is 2. The molecular weight excluding hydrogens is 272 g/mol.